The van der Waals surface area contributed by atoms with Crippen LogP contribution >= 0.6 is 7.37 Å². The van der Waals surface area contributed by atoms with Crippen molar-refractivity contribution in [3.8, 4) is 0 Å². The van der Waals surface area contributed by atoms with Crippen molar-refractivity contribution >= 4 is 13.3 Å². The Balaban J connectivity index is 4.14. The third-order valence-corrected chi connectivity index (χ3v) is 3.83. The monoisotopic (exact) mass is 265 g/mol. The van der Waals surface area contributed by atoms with Gasteiger partial charge in [0.05, 0.1) is 6.61 Å². The minimum absolute atomic E-state index is 0.293. The third kappa shape index (κ3) is 8.36. The summed E-state index contributed by atoms with van der Waals surface area (Å²) in [6, 6.07) is -0.747. The molecule has 0 aromatic carbocycles. The Morgan fingerprint density at radius 2 is 1.94 bits per heavy atom. The number of carbonyl (C=O) groups is 1. The average molecular weight is 265 g/mol. The second kappa shape index (κ2) is 6.53. The first-order valence-electron chi connectivity index (χ1n) is 5.77. The molecule has 2 atom stereocenters. The first-order valence-corrected chi connectivity index (χ1v) is 8.02. The van der Waals surface area contributed by atoms with E-state index in [0.717, 1.165) is 0 Å². The molecule has 6 heteroatoms. The summed E-state index contributed by atoms with van der Waals surface area (Å²) in [7, 11) is -2.63. The lowest BCUT2D eigenvalue weighted by molar-refractivity contribution is -0.156. The van der Waals surface area contributed by atoms with Gasteiger partial charge in [-0.25, -0.2) is 0 Å². The highest BCUT2D eigenvalue weighted by Gasteiger charge is 2.24. The van der Waals surface area contributed by atoms with Gasteiger partial charge in [-0.2, -0.15) is 0 Å². The molecule has 102 valence electrons. The SMILES string of the molecule is CCOP(C)(=O)CCC(N)C(=O)OC(C)(C)C. The van der Waals surface area contributed by atoms with Crippen LogP contribution in [0.1, 0.15) is 34.1 Å². The zero-order valence-electron chi connectivity index (χ0n) is 11.4. The molecule has 0 aliphatic rings. The molecule has 5 nitrogen and oxygen atoms in total. The van der Waals surface area contributed by atoms with Crippen LogP contribution in [0.5, 0.6) is 0 Å². The van der Waals surface area contributed by atoms with Crippen molar-refractivity contribution in [1.82, 2.24) is 0 Å². The van der Waals surface area contributed by atoms with Gasteiger partial charge in [-0.05, 0) is 34.1 Å². The maximum Gasteiger partial charge on any atom is 0.323 e. The van der Waals surface area contributed by atoms with E-state index in [1.54, 1.807) is 34.4 Å². The van der Waals surface area contributed by atoms with Crippen molar-refractivity contribution in [1.29, 1.82) is 0 Å². The fraction of sp³-hybridized carbons (Fsp3) is 0.909. The minimum Gasteiger partial charge on any atom is -0.459 e. The second-order valence-electron chi connectivity index (χ2n) is 5.08. The predicted molar refractivity (Wildman–Crippen MR) is 68.5 cm³/mol. The van der Waals surface area contributed by atoms with E-state index in [9.17, 15) is 9.36 Å². The average Bonchev–Trinajstić information content (AvgIpc) is 2.11. The van der Waals surface area contributed by atoms with Gasteiger partial charge < -0.3 is 15.0 Å². The normalized spacial score (nSPS) is 17.3. The molecule has 0 saturated heterocycles. The summed E-state index contributed by atoms with van der Waals surface area (Å²) in [6.45, 7) is 9.07. The number of nitrogens with two attached hydrogens (primary N) is 1. The molecule has 0 amide bonds. The lowest BCUT2D eigenvalue weighted by Gasteiger charge is -2.22. The Bertz CT molecular complexity index is 298. The summed E-state index contributed by atoms with van der Waals surface area (Å²) in [6.07, 6.45) is 0.601. The van der Waals surface area contributed by atoms with Gasteiger partial charge in [-0.1, -0.05) is 0 Å². The molecule has 17 heavy (non-hydrogen) atoms. The summed E-state index contributed by atoms with van der Waals surface area (Å²) < 4.78 is 22.0. The maximum absolute atomic E-state index is 11.8. The number of ether oxygens (including phenoxy) is 1. The van der Waals surface area contributed by atoms with E-state index in [1.807, 2.05) is 0 Å². The number of carbonyl (C=O) groups excluding carboxylic acids is 1. The molecule has 0 bridgehead atoms. The molecule has 0 aromatic rings. The standard InChI is InChI=1S/C11H24NO4P/c1-6-15-17(5,14)8-7-9(12)10(13)16-11(2,3)4/h9H,6-8,12H2,1-5H3. The zero-order chi connectivity index (χ0) is 13.7. The highest BCUT2D eigenvalue weighted by Crippen LogP contribution is 2.42. The second-order valence-corrected chi connectivity index (χ2v) is 7.82. The fourth-order valence-corrected chi connectivity index (χ4v) is 2.63. The molecule has 0 aromatic heterocycles. The quantitative estimate of drug-likeness (QED) is 0.587. The highest BCUT2D eigenvalue weighted by atomic mass is 31.2. The molecule has 0 radical (unpaired) electrons. The van der Waals surface area contributed by atoms with Gasteiger partial charge in [0.1, 0.15) is 11.6 Å². The number of rotatable bonds is 6. The zero-order valence-corrected chi connectivity index (χ0v) is 12.3. The van der Waals surface area contributed by atoms with Gasteiger partial charge in [-0.15, -0.1) is 0 Å². The van der Waals surface area contributed by atoms with Crippen molar-refractivity contribution in [2.75, 3.05) is 19.4 Å². The molecule has 0 saturated carbocycles. The highest BCUT2D eigenvalue weighted by molar-refractivity contribution is 7.58. The number of esters is 1. The van der Waals surface area contributed by atoms with Crippen molar-refractivity contribution in [3.63, 3.8) is 0 Å². The van der Waals surface area contributed by atoms with E-state index in [1.165, 1.54) is 0 Å². The Morgan fingerprint density at radius 1 is 1.41 bits per heavy atom. The van der Waals surface area contributed by atoms with Gasteiger partial charge >= 0.3 is 5.97 Å². The van der Waals surface area contributed by atoms with Crippen molar-refractivity contribution < 1.29 is 18.6 Å². The molecular formula is C11H24NO4P. The molecule has 2 unspecified atom stereocenters. The van der Waals surface area contributed by atoms with Gasteiger partial charge in [-0.3, -0.25) is 9.36 Å². The van der Waals surface area contributed by atoms with Crippen LogP contribution in [0.2, 0.25) is 0 Å². The van der Waals surface area contributed by atoms with E-state index in [-0.39, 0.29) is 0 Å². The molecule has 0 spiro atoms. The molecule has 0 fully saturated rings. The summed E-state index contributed by atoms with van der Waals surface area (Å²) in [5.74, 6) is -0.464. The number of hydrogen-bond acceptors (Lipinski definition) is 5. The van der Waals surface area contributed by atoms with Gasteiger partial charge in [0.25, 0.3) is 0 Å². The summed E-state index contributed by atoms with van der Waals surface area (Å²) in [4.78, 5) is 11.6. The molecule has 0 rings (SSSR count). The van der Waals surface area contributed by atoms with E-state index in [2.05, 4.69) is 0 Å². The molecule has 0 aliphatic heterocycles. The van der Waals surface area contributed by atoms with Crippen LogP contribution in [-0.2, 0) is 18.6 Å². The van der Waals surface area contributed by atoms with Crippen LogP contribution in [0.25, 0.3) is 0 Å². The third-order valence-electron chi connectivity index (χ3n) is 1.96. The van der Waals surface area contributed by atoms with Gasteiger partial charge in [0.2, 0.25) is 0 Å². The maximum atomic E-state index is 11.8. The summed E-state index contributed by atoms with van der Waals surface area (Å²) >= 11 is 0. The van der Waals surface area contributed by atoms with E-state index in [4.69, 9.17) is 15.0 Å². The first-order chi connectivity index (χ1) is 7.57. The lowest BCUT2D eigenvalue weighted by Crippen LogP contribution is -2.37. The van der Waals surface area contributed by atoms with E-state index < -0.39 is 25.0 Å². The Kier molecular flexibility index (Phi) is 6.38. The fourth-order valence-electron chi connectivity index (χ4n) is 1.21. The van der Waals surface area contributed by atoms with Crippen LogP contribution in [-0.4, -0.2) is 37.0 Å². The van der Waals surface area contributed by atoms with Crippen LogP contribution in [0.4, 0.5) is 0 Å². The van der Waals surface area contributed by atoms with Crippen molar-refractivity contribution in [3.05, 3.63) is 0 Å². The summed E-state index contributed by atoms with van der Waals surface area (Å²) in [5, 5.41) is 0. The minimum atomic E-state index is -2.63. The van der Waals surface area contributed by atoms with Crippen LogP contribution in [0.15, 0.2) is 0 Å². The molecular weight excluding hydrogens is 241 g/mol. The largest absolute Gasteiger partial charge is 0.459 e. The molecule has 0 aliphatic carbocycles. The Labute approximate surface area is 103 Å². The van der Waals surface area contributed by atoms with E-state index in [0.29, 0.717) is 19.2 Å². The first kappa shape index (κ1) is 16.6. The van der Waals surface area contributed by atoms with Crippen molar-refractivity contribution in [2.24, 2.45) is 5.73 Å². The van der Waals surface area contributed by atoms with Gasteiger partial charge in [0.15, 0.2) is 7.37 Å². The van der Waals surface area contributed by atoms with Crippen LogP contribution < -0.4 is 5.73 Å². The Morgan fingerprint density at radius 3 is 2.35 bits per heavy atom. The summed E-state index contributed by atoms with van der Waals surface area (Å²) in [5.41, 5.74) is 5.13. The lowest BCUT2D eigenvalue weighted by atomic mass is 10.2. The Hall–Kier alpha value is -0.380. The number of hydrogen-bond donors (Lipinski definition) is 1. The van der Waals surface area contributed by atoms with Crippen molar-refractivity contribution in [2.45, 2.75) is 45.8 Å². The van der Waals surface area contributed by atoms with Crippen LogP contribution in [0.3, 0.4) is 0 Å². The smallest absolute Gasteiger partial charge is 0.323 e. The topological polar surface area (TPSA) is 78.6 Å². The molecule has 2 N–H and O–H groups in total. The predicted octanol–water partition coefficient (Wildman–Crippen LogP) is 1.99. The van der Waals surface area contributed by atoms with Gasteiger partial charge in [0, 0.05) is 12.8 Å². The molecule has 0 heterocycles. The van der Waals surface area contributed by atoms with E-state index >= 15 is 0 Å². The van der Waals surface area contributed by atoms with Crippen LogP contribution in [0, 0.1) is 0 Å².